The van der Waals surface area contributed by atoms with Crippen LogP contribution >= 0.6 is 44.1 Å². The monoisotopic (exact) mass is 412 g/mol. The summed E-state index contributed by atoms with van der Waals surface area (Å²) in [5.41, 5.74) is 0. The van der Waals surface area contributed by atoms with Crippen LogP contribution in [0.1, 0.15) is 20.8 Å². The van der Waals surface area contributed by atoms with E-state index in [-0.39, 0.29) is 11.9 Å². The molecule has 0 aromatic heterocycles. The van der Waals surface area contributed by atoms with Crippen molar-refractivity contribution in [3.63, 3.8) is 0 Å². The van der Waals surface area contributed by atoms with Gasteiger partial charge in [-0.15, -0.1) is 0 Å². The number of carbonyl (C=O) groups is 1. The van der Waals surface area contributed by atoms with Gasteiger partial charge in [-0.05, 0) is 6.92 Å². The third-order valence-electron chi connectivity index (χ3n) is 0.758. The molecule has 0 bridgehead atoms. The van der Waals surface area contributed by atoms with Gasteiger partial charge in [0.05, 0.1) is 12.5 Å². The van der Waals surface area contributed by atoms with Crippen LogP contribution in [0.25, 0.3) is 0 Å². The Kier molecular flexibility index (Phi) is 9.24. The van der Waals surface area contributed by atoms with Gasteiger partial charge in [0.15, 0.2) is 0 Å². The van der Waals surface area contributed by atoms with Crippen molar-refractivity contribution < 1.29 is 9.53 Å². The second-order valence-electron chi connectivity index (χ2n) is 2.55. The molecule has 0 aromatic carbocycles. The fraction of sp³-hybridized carbons (Fsp3) is 0.833. The van der Waals surface area contributed by atoms with Gasteiger partial charge >= 0.3 is 61.8 Å². The summed E-state index contributed by atoms with van der Waals surface area (Å²) in [6.45, 7) is 5.92. The van der Waals surface area contributed by atoms with Crippen molar-refractivity contribution in [2.75, 3.05) is 6.61 Å². The van der Waals surface area contributed by atoms with Crippen molar-refractivity contribution in [2.24, 2.45) is 5.92 Å². The molecule has 0 N–H and O–H groups in total. The molecule has 14 heavy (non-hydrogen) atoms. The molecule has 8 heteroatoms. The van der Waals surface area contributed by atoms with E-state index in [4.69, 9.17) is 44.1 Å². The van der Waals surface area contributed by atoms with Crippen LogP contribution in [-0.4, -0.2) is 24.3 Å². The van der Waals surface area contributed by atoms with E-state index in [9.17, 15) is 4.79 Å². The number of rotatable bonds is 2. The van der Waals surface area contributed by atoms with E-state index in [2.05, 4.69) is 4.74 Å². The van der Waals surface area contributed by atoms with Crippen LogP contribution in [0.4, 0.5) is 0 Å². The summed E-state index contributed by atoms with van der Waals surface area (Å²) in [7, 11) is 25.2. The molecule has 0 atom stereocenters. The van der Waals surface area contributed by atoms with Crippen molar-refractivity contribution in [3.05, 3.63) is 0 Å². The predicted octanol–water partition coefficient (Wildman–Crippen LogP) is 4.27. The Morgan fingerprint density at radius 2 is 1.50 bits per heavy atom. The maximum absolute atomic E-state index is 10.5. The second-order valence-corrected chi connectivity index (χ2v) is 40.5. The molecule has 0 saturated carbocycles. The Morgan fingerprint density at radius 3 is 1.57 bits per heavy atom. The van der Waals surface area contributed by atoms with E-state index >= 15 is 0 Å². The summed E-state index contributed by atoms with van der Waals surface area (Å²) in [4.78, 5) is 10.5. The van der Waals surface area contributed by atoms with Crippen LogP contribution in [0.3, 0.4) is 0 Å². The molecule has 0 aliphatic rings. The molecule has 0 aromatic rings. The van der Waals surface area contributed by atoms with Crippen molar-refractivity contribution in [2.45, 2.75) is 20.8 Å². The number of hydrogen-bond acceptors (Lipinski definition) is 2. The van der Waals surface area contributed by atoms with Gasteiger partial charge in [-0.1, -0.05) is 13.8 Å². The van der Waals surface area contributed by atoms with Gasteiger partial charge in [0.2, 0.25) is 0 Å². The topological polar surface area (TPSA) is 26.3 Å². The van der Waals surface area contributed by atoms with Gasteiger partial charge in [0.1, 0.15) is 0 Å². The molecule has 0 aliphatic heterocycles. The number of ether oxygens (including phenoxy) is 1. The Morgan fingerprint density at radius 1 is 1.21 bits per heavy atom. The standard InChI is InChI=1S/C6H12O2.5ClH.Sb/c1-4-8-6(7)5(2)3;;;;;;/h5H,4H2,1-3H3;5*1H;/q;;;;;;+5/p-5. The van der Waals surface area contributed by atoms with Gasteiger partial charge < -0.3 is 4.74 Å². The van der Waals surface area contributed by atoms with Gasteiger partial charge in [-0.3, -0.25) is 4.79 Å². The average Bonchev–Trinajstić information content (AvgIpc) is 1.82. The first kappa shape index (κ1) is 18.1. The van der Waals surface area contributed by atoms with Crippen LogP contribution in [0.5, 0.6) is 0 Å². The minimum absolute atomic E-state index is 0.00921. The van der Waals surface area contributed by atoms with Gasteiger partial charge in [-0.2, -0.15) is 0 Å². The SMILES string of the molecule is CCOC(=O)C(C)C.[Cl][Sb]([Cl])([Cl])([Cl])[Cl]. The first-order valence-corrected chi connectivity index (χ1v) is 19.9. The Labute approximate surface area is 104 Å². The molecule has 0 unspecified atom stereocenters. The summed E-state index contributed by atoms with van der Waals surface area (Å²) >= 11 is -4.33. The van der Waals surface area contributed by atoms with Crippen molar-refractivity contribution in [3.8, 4) is 0 Å². The summed E-state index contributed by atoms with van der Waals surface area (Å²) < 4.78 is 4.66. The summed E-state index contributed by atoms with van der Waals surface area (Å²) in [5, 5.41) is 0. The average molecular weight is 415 g/mol. The molecule has 0 spiro atoms. The fourth-order valence-corrected chi connectivity index (χ4v) is 0.309. The minimum atomic E-state index is -4.33. The molecule has 0 heterocycles. The number of esters is 1. The molecule has 2 nitrogen and oxygen atoms in total. The molecular formula is C6H12Cl5O2Sb. The fourth-order valence-electron chi connectivity index (χ4n) is 0.309. The molecule has 0 amide bonds. The third-order valence-corrected chi connectivity index (χ3v) is 0.758. The molecule has 0 radical (unpaired) electrons. The molecular weight excluding hydrogens is 403 g/mol. The molecule has 0 aliphatic carbocycles. The van der Waals surface area contributed by atoms with Crippen molar-refractivity contribution >= 4 is 61.8 Å². The summed E-state index contributed by atoms with van der Waals surface area (Å²) in [5.74, 6) is -0.109. The quantitative estimate of drug-likeness (QED) is 0.498. The number of hydrogen-bond donors (Lipinski definition) is 0. The Balaban J connectivity index is 0. The van der Waals surface area contributed by atoms with Crippen molar-refractivity contribution in [1.82, 2.24) is 0 Å². The Bertz CT molecular complexity index is 169. The van der Waals surface area contributed by atoms with Crippen LogP contribution in [0, 0.1) is 5.92 Å². The third kappa shape index (κ3) is 29.2. The molecule has 88 valence electrons. The molecule has 0 fully saturated rings. The number of halogens is 5. The van der Waals surface area contributed by atoms with Gasteiger partial charge in [-0.25, -0.2) is 0 Å². The van der Waals surface area contributed by atoms with E-state index in [1.54, 1.807) is 6.92 Å². The van der Waals surface area contributed by atoms with Crippen molar-refractivity contribution in [1.29, 1.82) is 0 Å². The zero-order valence-electron chi connectivity index (χ0n) is 7.94. The molecule has 0 rings (SSSR count). The van der Waals surface area contributed by atoms with Crippen LogP contribution < -0.4 is 0 Å². The van der Waals surface area contributed by atoms with Gasteiger partial charge in [0.25, 0.3) is 0 Å². The summed E-state index contributed by atoms with van der Waals surface area (Å²) in [6, 6.07) is 0. The zero-order chi connectivity index (χ0) is 12.0. The van der Waals surface area contributed by atoms with Crippen LogP contribution in [0.2, 0.25) is 0 Å². The predicted molar refractivity (Wildman–Crippen MR) is 66.5 cm³/mol. The Hall–Kier alpha value is 1.74. The molecule has 0 saturated heterocycles. The van der Waals surface area contributed by atoms with Gasteiger partial charge in [0, 0.05) is 0 Å². The maximum atomic E-state index is 10.5. The normalized spacial score (nSPS) is 13.6. The van der Waals surface area contributed by atoms with E-state index in [0.717, 1.165) is 0 Å². The second kappa shape index (κ2) is 7.14. The van der Waals surface area contributed by atoms with Crippen LogP contribution in [-0.2, 0) is 9.53 Å². The van der Waals surface area contributed by atoms with Crippen LogP contribution in [0.15, 0.2) is 0 Å². The first-order chi connectivity index (χ1) is 5.92. The van der Waals surface area contributed by atoms with E-state index in [1.165, 1.54) is 0 Å². The van der Waals surface area contributed by atoms with E-state index in [1.807, 2.05) is 13.8 Å². The van der Waals surface area contributed by atoms with E-state index in [0.29, 0.717) is 6.61 Å². The first-order valence-electron chi connectivity index (χ1n) is 3.69. The zero-order valence-corrected chi connectivity index (χ0v) is 14.3. The number of carbonyl (C=O) groups excluding carboxylic acids is 1. The van der Waals surface area contributed by atoms with E-state index < -0.39 is 11.7 Å². The summed E-state index contributed by atoms with van der Waals surface area (Å²) in [6.07, 6.45) is 0.